The number of rotatable bonds is 21. The molecule has 0 aromatic heterocycles. The molecule has 7 heteroatoms. The van der Waals surface area contributed by atoms with Crippen molar-refractivity contribution < 1.29 is 28.7 Å². The minimum Gasteiger partial charge on any atom is -0.466 e. The summed E-state index contributed by atoms with van der Waals surface area (Å²) in [4.78, 5) is 51.8. The second kappa shape index (κ2) is 20.7. The van der Waals surface area contributed by atoms with Gasteiger partial charge in [-0.2, -0.15) is 0 Å². The summed E-state index contributed by atoms with van der Waals surface area (Å²) >= 11 is 0. The van der Waals surface area contributed by atoms with Gasteiger partial charge in [0.2, 0.25) is 5.91 Å². The molecule has 1 aliphatic rings. The molecule has 5 atom stereocenters. The fraction of sp³-hybridized carbons (Fsp3) is 0.818. The molecule has 40 heavy (non-hydrogen) atoms. The Morgan fingerprint density at radius 2 is 1.50 bits per heavy atom. The molecule has 0 aromatic carbocycles. The molecule has 1 rings (SSSR count). The SMILES string of the molecule is CCCCCCCCOC(=O)CC(CC=O)CC(=O)OCC1CCC(CCC)N1C(=O)C(C)C(C)/C=C(\C)CC. The molecule has 0 bridgehead atoms. The fourth-order valence-electron chi connectivity index (χ4n) is 5.49. The number of aldehydes is 1. The lowest BCUT2D eigenvalue weighted by molar-refractivity contribution is -0.151. The monoisotopic (exact) mass is 563 g/mol. The smallest absolute Gasteiger partial charge is 0.306 e. The molecule has 1 fully saturated rings. The summed E-state index contributed by atoms with van der Waals surface area (Å²) in [6.45, 7) is 13.1. The first-order valence-electron chi connectivity index (χ1n) is 15.9. The quantitative estimate of drug-likeness (QED) is 0.0634. The molecular formula is C33H57NO6. The number of hydrogen-bond donors (Lipinski definition) is 0. The number of carbonyl (C=O) groups excluding carboxylic acids is 4. The van der Waals surface area contributed by atoms with E-state index in [-0.39, 0.29) is 61.7 Å². The van der Waals surface area contributed by atoms with Crippen LogP contribution in [0.3, 0.4) is 0 Å². The van der Waals surface area contributed by atoms with Gasteiger partial charge in [-0.25, -0.2) is 0 Å². The van der Waals surface area contributed by atoms with Crippen LogP contribution in [0.1, 0.15) is 131 Å². The normalized spacial score (nSPS) is 19.6. The molecule has 0 aromatic rings. The first kappa shape index (κ1) is 35.8. The molecular weight excluding hydrogens is 506 g/mol. The summed E-state index contributed by atoms with van der Waals surface area (Å²) < 4.78 is 11.0. The highest BCUT2D eigenvalue weighted by molar-refractivity contribution is 5.80. The zero-order valence-electron chi connectivity index (χ0n) is 26.3. The van der Waals surface area contributed by atoms with Crippen LogP contribution in [0.15, 0.2) is 11.6 Å². The van der Waals surface area contributed by atoms with Crippen molar-refractivity contribution in [2.45, 2.75) is 144 Å². The van der Waals surface area contributed by atoms with Crippen LogP contribution < -0.4 is 0 Å². The predicted molar refractivity (Wildman–Crippen MR) is 160 cm³/mol. The van der Waals surface area contributed by atoms with Gasteiger partial charge in [-0.3, -0.25) is 14.4 Å². The van der Waals surface area contributed by atoms with Crippen molar-refractivity contribution >= 4 is 24.1 Å². The van der Waals surface area contributed by atoms with Crippen molar-refractivity contribution in [2.24, 2.45) is 17.8 Å². The minimum absolute atomic E-state index is 0.0154. The highest BCUT2D eigenvalue weighted by atomic mass is 16.5. The summed E-state index contributed by atoms with van der Waals surface area (Å²) in [5.41, 5.74) is 1.28. The Bertz CT molecular complexity index is 794. The van der Waals surface area contributed by atoms with Crippen molar-refractivity contribution in [3.05, 3.63) is 11.6 Å². The van der Waals surface area contributed by atoms with E-state index in [4.69, 9.17) is 9.47 Å². The van der Waals surface area contributed by atoms with E-state index in [1.165, 1.54) is 24.8 Å². The fourth-order valence-corrected chi connectivity index (χ4v) is 5.49. The van der Waals surface area contributed by atoms with E-state index in [2.05, 4.69) is 40.7 Å². The summed E-state index contributed by atoms with van der Waals surface area (Å²) in [5, 5.41) is 0. The van der Waals surface area contributed by atoms with Crippen molar-refractivity contribution in [1.29, 1.82) is 0 Å². The Balaban J connectivity index is 2.64. The van der Waals surface area contributed by atoms with Gasteiger partial charge in [0.25, 0.3) is 0 Å². The second-order valence-corrected chi connectivity index (χ2v) is 11.8. The lowest BCUT2D eigenvalue weighted by Crippen LogP contribution is -2.47. The maximum absolute atomic E-state index is 13.6. The van der Waals surface area contributed by atoms with Gasteiger partial charge in [-0.15, -0.1) is 0 Å². The molecule has 1 heterocycles. The zero-order chi connectivity index (χ0) is 29.9. The minimum atomic E-state index is -0.440. The Morgan fingerprint density at radius 1 is 0.875 bits per heavy atom. The molecule has 0 N–H and O–H groups in total. The third-order valence-electron chi connectivity index (χ3n) is 8.32. The Morgan fingerprint density at radius 3 is 2.12 bits per heavy atom. The third-order valence-corrected chi connectivity index (χ3v) is 8.32. The van der Waals surface area contributed by atoms with Gasteiger partial charge in [-0.1, -0.05) is 84.8 Å². The van der Waals surface area contributed by atoms with Gasteiger partial charge in [0, 0.05) is 31.2 Å². The molecule has 0 aliphatic carbocycles. The number of nitrogens with zero attached hydrogens (tertiary/aromatic N) is 1. The van der Waals surface area contributed by atoms with Crippen LogP contribution in [0.25, 0.3) is 0 Å². The number of ether oxygens (including phenoxy) is 2. The van der Waals surface area contributed by atoms with E-state index in [0.29, 0.717) is 6.61 Å². The molecule has 230 valence electrons. The molecule has 7 nitrogen and oxygen atoms in total. The van der Waals surface area contributed by atoms with Crippen LogP contribution in [0.4, 0.5) is 0 Å². The largest absolute Gasteiger partial charge is 0.466 e. The first-order valence-corrected chi connectivity index (χ1v) is 15.9. The summed E-state index contributed by atoms with van der Waals surface area (Å²) in [5.74, 6) is -1.16. The molecule has 0 spiro atoms. The first-order chi connectivity index (χ1) is 19.2. The van der Waals surface area contributed by atoms with Crippen LogP contribution in [0, 0.1) is 17.8 Å². The molecule has 5 unspecified atom stereocenters. The number of hydrogen-bond acceptors (Lipinski definition) is 6. The number of allylic oxidation sites excluding steroid dienone is 2. The molecule has 0 saturated carbocycles. The number of carbonyl (C=O) groups is 4. The zero-order valence-corrected chi connectivity index (χ0v) is 26.3. The van der Waals surface area contributed by atoms with Crippen LogP contribution in [-0.4, -0.2) is 54.3 Å². The topological polar surface area (TPSA) is 90.0 Å². The van der Waals surface area contributed by atoms with E-state index < -0.39 is 11.9 Å². The Labute approximate surface area is 243 Å². The van der Waals surface area contributed by atoms with Crippen molar-refractivity contribution in [1.82, 2.24) is 4.90 Å². The van der Waals surface area contributed by atoms with E-state index in [9.17, 15) is 19.2 Å². The van der Waals surface area contributed by atoms with Gasteiger partial charge in [0.05, 0.1) is 12.6 Å². The lowest BCUT2D eigenvalue weighted by Gasteiger charge is -2.34. The van der Waals surface area contributed by atoms with E-state index in [1.807, 2.05) is 11.8 Å². The Hall–Kier alpha value is -2.18. The van der Waals surface area contributed by atoms with Gasteiger partial charge in [0.15, 0.2) is 0 Å². The predicted octanol–water partition coefficient (Wildman–Crippen LogP) is 7.21. The van der Waals surface area contributed by atoms with E-state index in [0.717, 1.165) is 57.7 Å². The third kappa shape index (κ3) is 13.5. The Kier molecular flexibility index (Phi) is 18.5. The van der Waals surface area contributed by atoms with Crippen LogP contribution in [0.5, 0.6) is 0 Å². The van der Waals surface area contributed by atoms with Crippen molar-refractivity contribution in [3.8, 4) is 0 Å². The number of amides is 1. The second-order valence-electron chi connectivity index (χ2n) is 11.8. The maximum Gasteiger partial charge on any atom is 0.306 e. The van der Waals surface area contributed by atoms with Gasteiger partial charge >= 0.3 is 11.9 Å². The van der Waals surface area contributed by atoms with Crippen LogP contribution >= 0.6 is 0 Å². The van der Waals surface area contributed by atoms with Gasteiger partial charge in [0.1, 0.15) is 12.9 Å². The number of esters is 2. The lowest BCUT2D eigenvalue weighted by atomic mass is 9.91. The summed E-state index contributed by atoms with van der Waals surface area (Å²) in [6.07, 6.45) is 14.3. The highest BCUT2D eigenvalue weighted by Gasteiger charge is 2.39. The van der Waals surface area contributed by atoms with Crippen molar-refractivity contribution in [2.75, 3.05) is 13.2 Å². The molecule has 1 amide bonds. The molecule has 0 radical (unpaired) electrons. The molecule has 1 aliphatic heterocycles. The van der Waals surface area contributed by atoms with E-state index >= 15 is 0 Å². The van der Waals surface area contributed by atoms with Crippen LogP contribution in [-0.2, 0) is 28.7 Å². The van der Waals surface area contributed by atoms with Crippen LogP contribution in [0.2, 0.25) is 0 Å². The molecule has 1 saturated heterocycles. The number of likely N-dealkylation sites (tertiary alicyclic amines) is 1. The maximum atomic E-state index is 13.6. The standard InChI is InChI=1S/C33H57NO6/c1-7-10-11-12-13-14-20-39-31(36)22-28(18-19-35)23-32(37)40-24-30-17-16-29(15-8-2)34(30)33(38)27(6)26(5)21-25(4)9-3/h19,21,26-30H,7-18,20,22-24H2,1-6H3/b25-21+. The highest BCUT2D eigenvalue weighted by Crippen LogP contribution is 2.31. The van der Waals surface area contributed by atoms with Crippen molar-refractivity contribution in [3.63, 3.8) is 0 Å². The van der Waals surface area contributed by atoms with Gasteiger partial charge in [-0.05, 0) is 50.9 Å². The number of unbranched alkanes of at least 4 members (excludes halogenated alkanes) is 5. The average Bonchev–Trinajstić information content (AvgIpc) is 3.33. The van der Waals surface area contributed by atoms with E-state index in [1.54, 1.807) is 0 Å². The summed E-state index contributed by atoms with van der Waals surface area (Å²) in [6, 6.07) is 0.0158. The average molecular weight is 564 g/mol. The van der Waals surface area contributed by atoms with Gasteiger partial charge < -0.3 is 19.2 Å². The summed E-state index contributed by atoms with van der Waals surface area (Å²) in [7, 11) is 0.